The molecule has 0 aliphatic carbocycles. The van der Waals surface area contributed by atoms with E-state index in [0.717, 1.165) is 12.1 Å². The van der Waals surface area contributed by atoms with Gasteiger partial charge in [-0.05, 0) is 42.0 Å². The van der Waals surface area contributed by atoms with Gasteiger partial charge in [-0.25, -0.2) is 8.78 Å². The lowest BCUT2D eigenvalue weighted by Crippen LogP contribution is -2.43. The predicted molar refractivity (Wildman–Crippen MR) is 92.4 cm³/mol. The Hall–Kier alpha value is -3.21. The summed E-state index contributed by atoms with van der Waals surface area (Å²) in [7, 11) is 0. The highest BCUT2D eigenvalue weighted by Gasteiger charge is 2.34. The number of halogens is 2. The molecular formula is C20H14F2N2O. The van der Waals surface area contributed by atoms with Crippen LogP contribution >= 0.6 is 0 Å². The summed E-state index contributed by atoms with van der Waals surface area (Å²) in [6, 6.07) is 19.9. The Morgan fingerprint density at radius 1 is 0.840 bits per heavy atom. The Labute approximate surface area is 143 Å². The number of nitrogens with zero attached hydrogens (tertiary/aromatic N) is 1. The van der Waals surface area contributed by atoms with Gasteiger partial charge in [-0.3, -0.25) is 9.69 Å². The van der Waals surface area contributed by atoms with Crippen LogP contribution < -0.4 is 10.2 Å². The van der Waals surface area contributed by atoms with Gasteiger partial charge in [0.25, 0.3) is 5.91 Å². The number of hydrogen-bond donors (Lipinski definition) is 1. The zero-order valence-electron chi connectivity index (χ0n) is 13.1. The molecule has 5 heteroatoms. The number of benzene rings is 3. The van der Waals surface area contributed by atoms with Crippen molar-refractivity contribution in [1.29, 1.82) is 0 Å². The average molecular weight is 336 g/mol. The van der Waals surface area contributed by atoms with Gasteiger partial charge in [0.1, 0.15) is 6.17 Å². The molecule has 0 spiro atoms. The molecule has 1 N–H and O–H groups in total. The molecule has 3 nitrogen and oxygen atoms in total. The normalized spacial score (nSPS) is 16.3. The van der Waals surface area contributed by atoms with Crippen molar-refractivity contribution in [1.82, 2.24) is 0 Å². The summed E-state index contributed by atoms with van der Waals surface area (Å²) < 4.78 is 27.1. The third-order valence-electron chi connectivity index (χ3n) is 4.22. The Kier molecular flexibility index (Phi) is 3.69. The molecule has 1 aliphatic heterocycles. The molecular weight excluding hydrogens is 322 g/mol. The number of hydrogen-bond acceptors (Lipinski definition) is 2. The fourth-order valence-corrected chi connectivity index (χ4v) is 3.02. The van der Waals surface area contributed by atoms with E-state index in [1.807, 2.05) is 24.3 Å². The van der Waals surface area contributed by atoms with Crippen LogP contribution in [0.15, 0.2) is 72.8 Å². The van der Waals surface area contributed by atoms with Crippen LogP contribution in [0.25, 0.3) is 0 Å². The lowest BCUT2D eigenvalue weighted by molar-refractivity contribution is 0.0975. The van der Waals surface area contributed by atoms with E-state index in [9.17, 15) is 13.6 Å². The number of anilines is 2. The van der Waals surface area contributed by atoms with Gasteiger partial charge < -0.3 is 5.32 Å². The minimum absolute atomic E-state index is 0.199. The summed E-state index contributed by atoms with van der Waals surface area (Å²) in [4.78, 5) is 14.6. The second-order valence-electron chi connectivity index (χ2n) is 5.78. The van der Waals surface area contributed by atoms with Gasteiger partial charge in [-0.2, -0.15) is 0 Å². The molecule has 3 aromatic carbocycles. The van der Waals surface area contributed by atoms with Gasteiger partial charge in [0.15, 0.2) is 11.6 Å². The maximum Gasteiger partial charge on any atom is 0.262 e. The van der Waals surface area contributed by atoms with Gasteiger partial charge in [0.05, 0.1) is 5.56 Å². The molecule has 0 radical (unpaired) electrons. The van der Waals surface area contributed by atoms with Crippen molar-refractivity contribution < 1.29 is 13.6 Å². The van der Waals surface area contributed by atoms with E-state index in [4.69, 9.17) is 0 Å². The van der Waals surface area contributed by atoms with Crippen LogP contribution in [-0.4, -0.2) is 5.91 Å². The van der Waals surface area contributed by atoms with E-state index < -0.39 is 17.8 Å². The van der Waals surface area contributed by atoms with Crippen LogP contribution in [-0.2, 0) is 0 Å². The number of fused-ring (bicyclic) bond motifs is 1. The van der Waals surface area contributed by atoms with Crippen molar-refractivity contribution >= 4 is 17.3 Å². The highest BCUT2D eigenvalue weighted by molar-refractivity contribution is 6.12. The second-order valence-corrected chi connectivity index (χ2v) is 5.78. The smallest absolute Gasteiger partial charge is 0.262 e. The van der Waals surface area contributed by atoms with Crippen LogP contribution in [0.5, 0.6) is 0 Å². The van der Waals surface area contributed by atoms with Crippen LogP contribution in [0.3, 0.4) is 0 Å². The van der Waals surface area contributed by atoms with E-state index in [1.54, 1.807) is 35.2 Å². The van der Waals surface area contributed by atoms with Crippen molar-refractivity contribution in [3.63, 3.8) is 0 Å². The maximum atomic E-state index is 13.8. The molecule has 0 saturated heterocycles. The van der Waals surface area contributed by atoms with Gasteiger partial charge in [0, 0.05) is 11.4 Å². The molecule has 1 atom stereocenters. The monoisotopic (exact) mass is 336 g/mol. The minimum Gasteiger partial charge on any atom is -0.360 e. The van der Waals surface area contributed by atoms with E-state index in [0.29, 0.717) is 22.5 Å². The molecule has 124 valence electrons. The minimum atomic E-state index is -0.946. The first kappa shape index (κ1) is 15.3. The zero-order chi connectivity index (χ0) is 17.4. The summed E-state index contributed by atoms with van der Waals surface area (Å²) in [6.07, 6.45) is -0.639. The first-order chi connectivity index (χ1) is 12.1. The third kappa shape index (κ3) is 2.63. The van der Waals surface area contributed by atoms with Gasteiger partial charge in [-0.1, -0.05) is 36.4 Å². The number of carbonyl (C=O) groups is 1. The first-order valence-corrected chi connectivity index (χ1v) is 7.84. The molecule has 0 fully saturated rings. The summed E-state index contributed by atoms with van der Waals surface area (Å²) >= 11 is 0. The fourth-order valence-electron chi connectivity index (χ4n) is 3.02. The number of amides is 1. The van der Waals surface area contributed by atoms with Gasteiger partial charge >= 0.3 is 0 Å². The topological polar surface area (TPSA) is 32.3 Å². The SMILES string of the molecule is O=C1c2ccccc2NC(c2ccc(F)c(F)c2)N1c1ccccc1. The highest BCUT2D eigenvalue weighted by atomic mass is 19.2. The molecule has 1 aliphatic rings. The van der Waals surface area contributed by atoms with Crippen molar-refractivity contribution in [3.05, 3.63) is 95.6 Å². The number of carbonyl (C=O) groups excluding carboxylic acids is 1. The lowest BCUT2D eigenvalue weighted by Gasteiger charge is -2.38. The Balaban J connectivity index is 1.87. The van der Waals surface area contributed by atoms with Crippen LogP contribution in [0.2, 0.25) is 0 Å². The van der Waals surface area contributed by atoms with E-state index in [-0.39, 0.29) is 5.91 Å². The van der Waals surface area contributed by atoms with Crippen LogP contribution in [0, 0.1) is 11.6 Å². The molecule has 25 heavy (non-hydrogen) atoms. The Bertz CT molecular complexity index is 943. The molecule has 1 heterocycles. The average Bonchev–Trinajstić information content (AvgIpc) is 2.64. The summed E-state index contributed by atoms with van der Waals surface area (Å²) in [6.45, 7) is 0. The number of nitrogens with one attached hydrogen (secondary N) is 1. The summed E-state index contributed by atoms with van der Waals surface area (Å²) in [5.41, 5.74) is 2.33. The Morgan fingerprint density at radius 3 is 2.32 bits per heavy atom. The fraction of sp³-hybridized carbons (Fsp3) is 0.0500. The first-order valence-electron chi connectivity index (χ1n) is 7.84. The molecule has 0 bridgehead atoms. The van der Waals surface area contributed by atoms with Crippen LogP contribution in [0.4, 0.5) is 20.2 Å². The van der Waals surface area contributed by atoms with E-state index >= 15 is 0 Å². The summed E-state index contributed by atoms with van der Waals surface area (Å²) in [5, 5.41) is 3.25. The molecule has 0 aromatic heterocycles. The van der Waals surface area contributed by atoms with Crippen molar-refractivity contribution in [2.75, 3.05) is 10.2 Å². The number of rotatable bonds is 2. The molecule has 4 rings (SSSR count). The second kappa shape index (κ2) is 6.02. The molecule has 1 amide bonds. The molecule has 0 saturated carbocycles. The third-order valence-corrected chi connectivity index (χ3v) is 4.22. The molecule has 1 unspecified atom stereocenters. The Morgan fingerprint density at radius 2 is 1.56 bits per heavy atom. The van der Waals surface area contributed by atoms with Crippen LogP contribution in [0.1, 0.15) is 22.1 Å². The molecule has 3 aromatic rings. The van der Waals surface area contributed by atoms with E-state index in [1.165, 1.54) is 6.07 Å². The quantitative estimate of drug-likeness (QED) is 0.733. The number of para-hydroxylation sites is 2. The van der Waals surface area contributed by atoms with Crippen molar-refractivity contribution in [2.45, 2.75) is 6.17 Å². The predicted octanol–water partition coefficient (Wildman–Crippen LogP) is 4.74. The lowest BCUT2D eigenvalue weighted by atomic mass is 10.0. The largest absolute Gasteiger partial charge is 0.360 e. The van der Waals surface area contributed by atoms with Crippen molar-refractivity contribution in [2.24, 2.45) is 0 Å². The maximum absolute atomic E-state index is 13.8. The van der Waals surface area contributed by atoms with Gasteiger partial charge in [0.2, 0.25) is 0 Å². The van der Waals surface area contributed by atoms with Gasteiger partial charge in [-0.15, -0.1) is 0 Å². The highest BCUT2D eigenvalue weighted by Crippen LogP contribution is 2.36. The zero-order valence-corrected chi connectivity index (χ0v) is 13.1. The standard InChI is InChI=1S/C20H14F2N2O/c21-16-11-10-13(12-17(16)22)19-23-18-9-5-4-8-15(18)20(25)24(19)14-6-2-1-3-7-14/h1-12,19,23H. The summed E-state index contributed by atoms with van der Waals surface area (Å²) in [5.74, 6) is -2.06. The van der Waals surface area contributed by atoms with Crippen molar-refractivity contribution in [3.8, 4) is 0 Å². The van der Waals surface area contributed by atoms with E-state index in [2.05, 4.69) is 5.32 Å².